The Morgan fingerprint density at radius 2 is 2.09 bits per heavy atom. The third kappa shape index (κ3) is 4.61. The van der Waals surface area contributed by atoms with Gasteiger partial charge in [-0.25, -0.2) is 18.2 Å². The maximum absolute atomic E-state index is 14.0. The highest BCUT2D eigenvalue weighted by atomic mass is 35.5. The predicted molar refractivity (Wildman–Crippen MR) is 118 cm³/mol. The zero-order chi connectivity index (χ0) is 23.9. The van der Waals surface area contributed by atoms with Gasteiger partial charge in [0.25, 0.3) is 5.92 Å². The molecule has 1 aromatic carbocycles. The standard InChI is InChI=1S/C21H20Cl2F3N5O2/c1-10(18-13(22)2-3-14(24)19(18)23)33-15-4-11(5-29-20(15)27)12-6-30-31(8-12)9-16-21(25,26)17(32)7-28-16/h2-6,8,10,16-17,28,32H,7,9H2,1H3,(H2,27,29). The van der Waals surface area contributed by atoms with Crippen molar-refractivity contribution in [2.24, 2.45) is 0 Å². The molecule has 12 heteroatoms. The summed E-state index contributed by atoms with van der Waals surface area (Å²) in [5.41, 5.74) is 7.37. The van der Waals surface area contributed by atoms with Crippen LogP contribution >= 0.6 is 23.2 Å². The van der Waals surface area contributed by atoms with Crippen LogP contribution in [0.4, 0.5) is 19.0 Å². The van der Waals surface area contributed by atoms with Crippen LogP contribution in [-0.2, 0) is 6.54 Å². The highest BCUT2D eigenvalue weighted by Crippen LogP contribution is 2.37. The quantitative estimate of drug-likeness (QED) is 0.440. The molecule has 1 saturated heterocycles. The van der Waals surface area contributed by atoms with Crippen LogP contribution in [0.2, 0.25) is 10.0 Å². The van der Waals surface area contributed by atoms with Gasteiger partial charge in [0.2, 0.25) is 0 Å². The lowest BCUT2D eigenvalue weighted by molar-refractivity contribution is -0.0963. The molecule has 3 atom stereocenters. The molecule has 4 rings (SSSR count). The molecule has 0 aliphatic carbocycles. The highest BCUT2D eigenvalue weighted by molar-refractivity contribution is 6.36. The zero-order valence-corrected chi connectivity index (χ0v) is 18.8. The van der Waals surface area contributed by atoms with E-state index < -0.39 is 30.0 Å². The van der Waals surface area contributed by atoms with Crippen LogP contribution in [0.3, 0.4) is 0 Å². The van der Waals surface area contributed by atoms with Crippen molar-refractivity contribution in [1.29, 1.82) is 0 Å². The van der Waals surface area contributed by atoms with E-state index in [2.05, 4.69) is 15.4 Å². The van der Waals surface area contributed by atoms with Gasteiger partial charge in [-0.15, -0.1) is 0 Å². The number of alkyl halides is 2. The lowest BCUT2D eigenvalue weighted by atomic mass is 10.1. The van der Waals surface area contributed by atoms with Gasteiger partial charge in [-0.2, -0.15) is 5.10 Å². The van der Waals surface area contributed by atoms with Gasteiger partial charge in [-0.1, -0.05) is 23.2 Å². The lowest BCUT2D eigenvalue weighted by Gasteiger charge is -2.20. The van der Waals surface area contributed by atoms with E-state index in [9.17, 15) is 18.3 Å². The fraction of sp³-hybridized carbons (Fsp3) is 0.333. The Kier molecular flexibility index (Phi) is 6.45. The summed E-state index contributed by atoms with van der Waals surface area (Å²) in [6, 6.07) is 2.90. The molecule has 0 amide bonds. The molecule has 0 radical (unpaired) electrons. The summed E-state index contributed by atoms with van der Waals surface area (Å²) in [6.07, 6.45) is 2.07. The number of nitrogens with zero attached hydrogens (tertiary/aromatic N) is 3. The molecule has 0 bridgehead atoms. The van der Waals surface area contributed by atoms with Crippen molar-refractivity contribution in [2.75, 3.05) is 12.3 Å². The topological polar surface area (TPSA) is 98.2 Å². The average Bonchev–Trinajstić information content (AvgIpc) is 3.33. The largest absolute Gasteiger partial charge is 0.482 e. The highest BCUT2D eigenvalue weighted by Gasteiger charge is 2.51. The normalized spacial score (nSPS) is 20.7. The molecule has 1 aliphatic heterocycles. The lowest BCUT2D eigenvalue weighted by Crippen LogP contribution is -2.43. The molecule has 0 spiro atoms. The Morgan fingerprint density at radius 1 is 1.33 bits per heavy atom. The first kappa shape index (κ1) is 23.6. The Morgan fingerprint density at radius 3 is 2.79 bits per heavy atom. The van der Waals surface area contributed by atoms with E-state index in [1.165, 1.54) is 23.1 Å². The maximum Gasteiger partial charge on any atom is 0.291 e. The van der Waals surface area contributed by atoms with E-state index in [0.29, 0.717) is 11.1 Å². The molecule has 7 nitrogen and oxygen atoms in total. The van der Waals surface area contributed by atoms with Crippen molar-refractivity contribution in [3.8, 4) is 16.9 Å². The fourth-order valence-electron chi connectivity index (χ4n) is 3.62. The Balaban J connectivity index is 1.54. The van der Waals surface area contributed by atoms with E-state index in [-0.39, 0.29) is 40.3 Å². The van der Waals surface area contributed by atoms with E-state index in [1.54, 1.807) is 19.2 Å². The number of aliphatic hydroxyl groups excluding tert-OH is 1. The van der Waals surface area contributed by atoms with E-state index in [1.807, 2.05) is 0 Å². The molecule has 176 valence electrons. The molecular formula is C21H20Cl2F3N5O2. The second kappa shape index (κ2) is 9.02. The Hall–Kier alpha value is -2.53. The number of nitrogens with one attached hydrogen (secondary N) is 1. The van der Waals surface area contributed by atoms with Crippen molar-refractivity contribution in [3.05, 3.63) is 58.2 Å². The number of nitrogens with two attached hydrogens (primary N) is 1. The molecule has 3 aromatic rings. The molecular weight excluding hydrogens is 482 g/mol. The van der Waals surface area contributed by atoms with Crippen LogP contribution in [0.1, 0.15) is 18.6 Å². The number of aliphatic hydroxyl groups is 1. The van der Waals surface area contributed by atoms with E-state index in [4.69, 9.17) is 33.7 Å². The molecule has 4 N–H and O–H groups in total. The summed E-state index contributed by atoms with van der Waals surface area (Å²) in [7, 11) is 0. The minimum Gasteiger partial charge on any atom is -0.482 e. The van der Waals surface area contributed by atoms with Crippen LogP contribution in [0.25, 0.3) is 11.1 Å². The van der Waals surface area contributed by atoms with Crippen molar-refractivity contribution in [1.82, 2.24) is 20.1 Å². The number of benzene rings is 1. The summed E-state index contributed by atoms with van der Waals surface area (Å²) in [5.74, 6) is -3.60. The number of pyridine rings is 1. The third-order valence-corrected chi connectivity index (χ3v) is 6.19. The minimum atomic E-state index is -3.26. The monoisotopic (exact) mass is 501 g/mol. The number of anilines is 1. The molecule has 3 heterocycles. The van der Waals surface area contributed by atoms with Gasteiger partial charge in [0.1, 0.15) is 18.0 Å². The number of β-amino-alcohol motifs (C(OH)–C–C–N with tert-alkyl or cyclic N) is 1. The first-order chi connectivity index (χ1) is 15.6. The second-order valence-electron chi connectivity index (χ2n) is 7.73. The van der Waals surface area contributed by atoms with Gasteiger partial charge in [-0.3, -0.25) is 4.68 Å². The minimum absolute atomic E-state index is 0.0884. The van der Waals surface area contributed by atoms with Gasteiger partial charge in [0, 0.05) is 40.7 Å². The van der Waals surface area contributed by atoms with Gasteiger partial charge < -0.3 is 20.9 Å². The summed E-state index contributed by atoms with van der Waals surface area (Å²) in [5, 5.41) is 16.2. The third-order valence-electron chi connectivity index (χ3n) is 5.47. The van der Waals surface area contributed by atoms with Crippen LogP contribution in [0.15, 0.2) is 36.8 Å². The summed E-state index contributed by atoms with van der Waals surface area (Å²) in [6.45, 7) is 1.31. The van der Waals surface area contributed by atoms with Gasteiger partial charge in [0.15, 0.2) is 11.6 Å². The number of halogens is 5. The Bertz CT molecular complexity index is 1180. The van der Waals surface area contributed by atoms with Crippen molar-refractivity contribution in [2.45, 2.75) is 37.6 Å². The number of hydrogen-bond donors (Lipinski definition) is 3. The maximum atomic E-state index is 14.0. The van der Waals surface area contributed by atoms with Crippen LogP contribution in [0, 0.1) is 5.82 Å². The number of ether oxygens (including phenoxy) is 1. The van der Waals surface area contributed by atoms with Crippen molar-refractivity contribution in [3.63, 3.8) is 0 Å². The fourth-order valence-corrected chi connectivity index (χ4v) is 4.29. The van der Waals surface area contributed by atoms with E-state index >= 15 is 0 Å². The number of aromatic nitrogens is 3. The predicted octanol–water partition coefficient (Wildman–Crippen LogP) is 4.08. The molecule has 1 aliphatic rings. The molecule has 3 unspecified atom stereocenters. The summed E-state index contributed by atoms with van der Waals surface area (Å²) >= 11 is 12.2. The average molecular weight is 502 g/mol. The van der Waals surface area contributed by atoms with Crippen molar-refractivity contribution < 1.29 is 23.0 Å². The van der Waals surface area contributed by atoms with Crippen LogP contribution in [-0.4, -0.2) is 44.5 Å². The van der Waals surface area contributed by atoms with Crippen molar-refractivity contribution >= 4 is 29.0 Å². The number of rotatable bonds is 6. The second-order valence-corrected chi connectivity index (χ2v) is 8.51. The smallest absolute Gasteiger partial charge is 0.291 e. The van der Waals surface area contributed by atoms with E-state index in [0.717, 1.165) is 6.07 Å². The molecule has 1 fully saturated rings. The van der Waals surface area contributed by atoms with Gasteiger partial charge in [0.05, 0.1) is 23.8 Å². The zero-order valence-electron chi connectivity index (χ0n) is 17.3. The first-order valence-corrected chi connectivity index (χ1v) is 10.7. The molecule has 0 saturated carbocycles. The molecule has 2 aromatic heterocycles. The molecule has 33 heavy (non-hydrogen) atoms. The van der Waals surface area contributed by atoms with Gasteiger partial charge in [-0.05, 0) is 25.1 Å². The summed E-state index contributed by atoms with van der Waals surface area (Å²) < 4.78 is 49.2. The van der Waals surface area contributed by atoms with Gasteiger partial charge >= 0.3 is 0 Å². The number of nitrogen functional groups attached to an aromatic ring is 1. The Labute approximate surface area is 197 Å². The SMILES string of the molecule is CC(Oc1cc(-c2cnn(CC3NCC(O)C3(F)F)c2)cnc1N)c1c(Cl)ccc(F)c1Cl. The first-order valence-electron chi connectivity index (χ1n) is 9.95. The van der Waals surface area contributed by atoms with Crippen LogP contribution < -0.4 is 15.8 Å². The van der Waals surface area contributed by atoms with Crippen LogP contribution in [0.5, 0.6) is 5.75 Å². The number of hydrogen-bond acceptors (Lipinski definition) is 6. The summed E-state index contributed by atoms with van der Waals surface area (Å²) in [4.78, 5) is 4.12.